The number of nitrogens with zero attached hydrogens (tertiary/aromatic N) is 3. The fourth-order valence-electron chi connectivity index (χ4n) is 2.34. The lowest BCUT2D eigenvalue weighted by Gasteiger charge is -2.12. The third-order valence-corrected chi connectivity index (χ3v) is 4.62. The van der Waals surface area contributed by atoms with Gasteiger partial charge in [0.25, 0.3) is 5.91 Å². The molecule has 1 amide bonds. The molecule has 0 bridgehead atoms. The summed E-state index contributed by atoms with van der Waals surface area (Å²) in [5.74, 6) is -1.11. The normalized spacial score (nSPS) is 11.3. The third kappa shape index (κ3) is 4.02. The van der Waals surface area contributed by atoms with Gasteiger partial charge in [-0.3, -0.25) is 4.79 Å². The molecule has 0 saturated heterocycles. The molecule has 0 aliphatic carbocycles. The van der Waals surface area contributed by atoms with Crippen molar-refractivity contribution in [3.05, 3.63) is 59.2 Å². The van der Waals surface area contributed by atoms with Crippen molar-refractivity contribution < 1.29 is 19.1 Å². The number of amides is 1. The predicted molar refractivity (Wildman–Crippen MR) is 103 cm³/mol. The zero-order chi connectivity index (χ0) is 20.1. The van der Waals surface area contributed by atoms with Gasteiger partial charge in [0.2, 0.25) is 5.69 Å². The van der Waals surface area contributed by atoms with E-state index in [0.29, 0.717) is 10.6 Å². The second-order valence-electron chi connectivity index (χ2n) is 5.64. The second kappa shape index (κ2) is 8.37. The summed E-state index contributed by atoms with van der Waals surface area (Å²) in [7, 11) is 1.42. The highest BCUT2D eigenvalue weighted by Gasteiger charge is 2.25. The maximum atomic E-state index is 12.5. The van der Waals surface area contributed by atoms with Crippen LogP contribution in [0.15, 0.2) is 48.0 Å². The first-order valence-corrected chi connectivity index (χ1v) is 9.10. The molecule has 3 rings (SSSR count). The molecule has 0 aliphatic heterocycles. The summed E-state index contributed by atoms with van der Waals surface area (Å²) >= 11 is 1.21. The molecule has 2 heterocycles. The number of rotatable bonds is 6. The largest absolute Gasteiger partial charge is 0.493 e. The summed E-state index contributed by atoms with van der Waals surface area (Å²) in [5, 5.41) is 17.9. The number of nitrogens with one attached hydrogen (secondary N) is 1. The number of para-hydroxylation sites is 1. The maximum Gasteiger partial charge on any atom is 0.363 e. The Kier molecular flexibility index (Phi) is 5.72. The monoisotopic (exact) mass is 396 g/mol. The van der Waals surface area contributed by atoms with Crippen molar-refractivity contribution in [2.75, 3.05) is 12.4 Å². The molecule has 142 valence electrons. The van der Waals surface area contributed by atoms with Crippen molar-refractivity contribution in [1.29, 1.82) is 5.26 Å². The third-order valence-electron chi connectivity index (χ3n) is 3.79. The van der Waals surface area contributed by atoms with Crippen molar-refractivity contribution in [3.63, 3.8) is 0 Å². The molecule has 1 atom stereocenters. The van der Waals surface area contributed by atoms with Crippen LogP contribution in [0.5, 0.6) is 5.75 Å². The number of anilines is 1. The Balaban J connectivity index is 1.72. The van der Waals surface area contributed by atoms with Gasteiger partial charge in [0.15, 0.2) is 11.9 Å². The van der Waals surface area contributed by atoms with E-state index in [1.165, 1.54) is 30.1 Å². The van der Waals surface area contributed by atoms with Gasteiger partial charge in [-0.15, -0.1) is 11.3 Å². The van der Waals surface area contributed by atoms with E-state index in [1.54, 1.807) is 17.6 Å². The van der Waals surface area contributed by atoms with Gasteiger partial charge in [0, 0.05) is 0 Å². The molecule has 9 heteroatoms. The van der Waals surface area contributed by atoms with Crippen LogP contribution in [0.3, 0.4) is 0 Å². The second-order valence-corrected chi connectivity index (χ2v) is 6.55. The molecule has 1 aromatic carbocycles. The van der Waals surface area contributed by atoms with Crippen LogP contribution in [0.25, 0.3) is 5.69 Å². The molecule has 2 aromatic heterocycles. The summed E-state index contributed by atoms with van der Waals surface area (Å²) in [6.45, 7) is 1.44. The Labute approximate surface area is 164 Å². The van der Waals surface area contributed by atoms with Crippen LogP contribution >= 0.6 is 11.3 Å². The molecule has 0 radical (unpaired) electrons. The maximum absolute atomic E-state index is 12.5. The lowest BCUT2D eigenvalue weighted by Crippen LogP contribution is -2.30. The molecule has 0 fully saturated rings. The highest BCUT2D eigenvalue weighted by Crippen LogP contribution is 2.23. The minimum Gasteiger partial charge on any atom is -0.493 e. The van der Waals surface area contributed by atoms with E-state index in [0.717, 1.165) is 5.69 Å². The number of benzene rings is 1. The number of esters is 1. The van der Waals surface area contributed by atoms with E-state index < -0.39 is 18.0 Å². The number of carbonyl (C=O) groups is 2. The highest BCUT2D eigenvalue weighted by atomic mass is 32.1. The van der Waals surface area contributed by atoms with Gasteiger partial charge in [-0.1, -0.05) is 18.2 Å². The molecule has 28 heavy (non-hydrogen) atoms. The van der Waals surface area contributed by atoms with Crippen LogP contribution in [-0.2, 0) is 9.53 Å². The van der Waals surface area contributed by atoms with Crippen molar-refractivity contribution in [3.8, 4) is 17.5 Å². The van der Waals surface area contributed by atoms with Crippen LogP contribution < -0.4 is 10.1 Å². The number of carbonyl (C=O) groups excluding carboxylic acids is 2. The first kappa shape index (κ1) is 19.1. The fourth-order valence-corrected chi connectivity index (χ4v) is 3.08. The number of hydrogen-bond acceptors (Lipinski definition) is 7. The van der Waals surface area contributed by atoms with E-state index in [4.69, 9.17) is 14.7 Å². The lowest BCUT2D eigenvalue weighted by atomic mass is 10.3. The van der Waals surface area contributed by atoms with Gasteiger partial charge in [-0.2, -0.15) is 10.4 Å². The zero-order valence-corrected chi connectivity index (χ0v) is 15.9. The number of hydrogen-bond donors (Lipinski definition) is 1. The lowest BCUT2D eigenvalue weighted by molar-refractivity contribution is -0.123. The quantitative estimate of drug-likeness (QED) is 0.642. The van der Waals surface area contributed by atoms with Gasteiger partial charge in [0.1, 0.15) is 11.1 Å². The fraction of sp³-hybridized carbons (Fsp3) is 0.158. The molecule has 0 unspecified atom stereocenters. The van der Waals surface area contributed by atoms with E-state index in [-0.39, 0.29) is 11.4 Å². The predicted octanol–water partition coefficient (Wildman–Crippen LogP) is 3.00. The summed E-state index contributed by atoms with van der Waals surface area (Å²) in [4.78, 5) is 24.8. The standard InChI is InChI=1S/C19H16N4O4S/c1-12(17(24)21-18-13(10-20)8-9-28-18)27-19(25)16-15(26-2)11-23(22-16)14-6-4-3-5-7-14/h3-9,11-12H,1-2H3,(H,21,24)/t12-/m1/s1. The summed E-state index contributed by atoms with van der Waals surface area (Å²) in [6, 6.07) is 12.8. The zero-order valence-electron chi connectivity index (χ0n) is 15.1. The van der Waals surface area contributed by atoms with Gasteiger partial charge >= 0.3 is 5.97 Å². The molecule has 0 spiro atoms. The van der Waals surface area contributed by atoms with Gasteiger partial charge in [0.05, 0.1) is 24.6 Å². The topological polar surface area (TPSA) is 106 Å². The Morgan fingerprint density at radius 3 is 2.71 bits per heavy atom. The highest BCUT2D eigenvalue weighted by molar-refractivity contribution is 7.14. The van der Waals surface area contributed by atoms with E-state index in [9.17, 15) is 9.59 Å². The Hall–Kier alpha value is -3.64. The van der Waals surface area contributed by atoms with Gasteiger partial charge in [-0.05, 0) is 30.5 Å². The molecular weight excluding hydrogens is 380 g/mol. The summed E-state index contributed by atoms with van der Waals surface area (Å²) in [6.07, 6.45) is 0.467. The minimum atomic E-state index is -1.09. The molecule has 0 saturated carbocycles. The molecular formula is C19H16N4O4S. The number of methoxy groups -OCH3 is 1. The van der Waals surface area contributed by atoms with Crippen LogP contribution in [0.4, 0.5) is 5.00 Å². The van der Waals surface area contributed by atoms with Gasteiger partial charge < -0.3 is 14.8 Å². The number of aromatic nitrogens is 2. The molecule has 3 aromatic rings. The number of nitriles is 1. The first-order chi connectivity index (χ1) is 13.5. The molecule has 1 N–H and O–H groups in total. The van der Waals surface area contributed by atoms with Crippen LogP contribution in [-0.4, -0.2) is 34.9 Å². The Morgan fingerprint density at radius 1 is 1.29 bits per heavy atom. The Morgan fingerprint density at radius 2 is 2.04 bits per heavy atom. The Bertz CT molecular complexity index is 1040. The molecule has 8 nitrogen and oxygen atoms in total. The van der Waals surface area contributed by atoms with E-state index >= 15 is 0 Å². The van der Waals surface area contributed by atoms with Gasteiger partial charge in [-0.25, -0.2) is 9.48 Å². The van der Waals surface area contributed by atoms with E-state index in [1.807, 2.05) is 36.4 Å². The number of ether oxygens (including phenoxy) is 2. The summed E-state index contributed by atoms with van der Waals surface area (Å²) in [5.41, 5.74) is 1.05. The van der Waals surface area contributed by atoms with Crippen molar-refractivity contribution in [2.24, 2.45) is 0 Å². The SMILES string of the molecule is COc1cn(-c2ccccc2)nc1C(=O)O[C@H](C)C(=O)Nc1sccc1C#N. The number of thiophene rings is 1. The van der Waals surface area contributed by atoms with Crippen LogP contribution in [0, 0.1) is 11.3 Å². The first-order valence-electron chi connectivity index (χ1n) is 8.22. The smallest absolute Gasteiger partial charge is 0.363 e. The van der Waals surface area contributed by atoms with Crippen LogP contribution in [0.2, 0.25) is 0 Å². The van der Waals surface area contributed by atoms with E-state index in [2.05, 4.69) is 10.4 Å². The minimum absolute atomic E-state index is 0.0418. The average molecular weight is 396 g/mol. The average Bonchev–Trinajstić information content (AvgIpc) is 3.35. The van der Waals surface area contributed by atoms with Crippen molar-refractivity contribution in [2.45, 2.75) is 13.0 Å². The van der Waals surface area contributed by atoms with Crippen molar-refractivity contribution in [1.82, 2.24) is 9.78 Å². The van der Waals surface area contributed by atoms with Crippen LogP contribution in [0.1, 0.15) is 23.0 Å². The van der Waals surface area contributed by atoms with Crippen molar-refractivity contribution >= 4 is 28.2 Å². The molecule has 0 aliphatic rings. The summed E-state index contributed by atoms with van der Waals surface area (Å²) < 4.78 is 11.9.